The van der Waals surface area contributed by atoms with Gasteiger partial charge in [0.15, 0.2) is 0 Å². The lowest BCUT2D eigenvalue weighted by atomic mass is 9.68. The van der Waals surface area contributed by atoms with Crippen LogP contribution >= 0.6 is 0 Å². The van der Waals surface area contributed by atoms with Crippen molar-refractivity contribution in [1.29, 1.82) is 0 Å². The number of hydrogen-bond acceptors (Lipinski definition) is 4. The molecule has 3 atom stereocenters. The molecule has 4 nitrogen and oxygen atoms in total. The molecule has 0 saturated carbocycles. The van der Waals surface area contributed by atoms with E-state index < -0.39 is 0 Å². The molecule has 29 heavy (non-hydrogen) atoms. The monoisotopic (exact) mass is 395 g/mol. The van der Waals surface area contributed by atoms with Gasteiger partial charge < -0.3 is 14.7 Å². The Labute approximate surface area is 174 Å². The van der Waals surface area contributed by atoms with Crippen molar-refractivity contribution in [3.8, 4) is 5.75 Å². The van der Waals surface area contributed by atoms with Crippen LogP contribution in [0.15, 0.2) is 54.6 Å². The molecular formula is C25H33NO3. The van der Waals surface area contributed by atoms with Crippen LogP contribution in [0.3, 0.4) is 0 Å². The van der Waals surface area contributed by atoms with Gasteiger partial charge in [0.05, 0.1) is 12.5 Å². The first-order valence-corrected chi connectivity index (χ1v) is 10.6. The molecule has 2 aromatic carbocycles. The Morgan fingerprint density at radius 2 is 2.00 bits per heavy atom. The second-order valence-electron chi connectivity index (χ2n) is 8.52. The number of benzene rings is 2. The average Bonchev–Trinajstić information content (AvgIpc) is 2.71. The predicted molar refractivity (Wildman–Crippen MR) is 116 cm³/mol. The van der Waals surface area contributed by atoms with Crippen molar-refractivity contribution in [3.05, 3.63) is 65.7 Å². The second-order valence-corrected chi connectivity index (χ2v) is 8.52. The maximum atomic E-state index is 12.6. The van der Waals surface area contributed by atoms with E-state index in [1.54, 1.807) is 6.07 Å². The SMILES string of the molecule is CCOC(=O)[C@@H](Cc1ccccc1)CN1CC[C@](C)(c2cccc(O)c2)[C@H](C)C1. The van der Waals surface area contributed by atoms with Crippen LogP contribution in [-0.4, -0.2) is 42.2 Å². The standard InChI is InChI=1S/C25H33NO3/c1-4-29-24(28)21(15-20-9-6-5-7-10-20)18-26-14-13-25(3,19(2)17-26)22-11-8-12-23(27)16-22/h5-12,16,19,21,27H,4,13-15,17-18H2,1-3H3/t19-,21+,25+/m1/s1. The number of carbonyl (C=O) groups is 1. The topological polar surface area (TPSA) is 49.8 Å². The number of rotatable bonds is 7. The van der Waals surface area contributed by atoms with Crippen molar-refractivity contribution in [1.82, 2.24) is 4.90 Å². The van der Waals surface area contributed by atoms with Crippen molar-refractivity contribution in [2.24, 2.45) is 11.8 Å². The fraction of sp³-hybridized carbons (Fsp3) is 0.480. The van der Waals surface area contributed by atoms with E-state index in [1.807, 2.05) is 37.3 Å². The van der Waals surface area contributed by atoms with Gasteiger partial charge >= 0.3 is 5.97 Å². The summed E-state index contributed by atoms with van der Waals surface area (Å²) in [5, 5.41) is 9.91. The van der Waals surface area contributed by atoms with E-state index in [2.05, 4.69) is 36.9 Å². The van der Waals surface area contributed by atoms with E-state index in [0.29, 0.717) is 31.2 Å². The van der Waals surface area contributed by atoms with Crippen molar-refractivity contribution in [2.75, 3.05) is 26.2 Å². The number of hydrogen-bond donors (Lipinski definition) is 1. The van der Waals surface area contributed by atoms with Gasteiger partial charge in [0, 0.05) is 13.1 Å². The third kappa shape index (κ3) is 5.18. The molecule has 156 valence electrons. The zero-order chi connectivity index (χ0) is 20.9. The first-order valence-electron chi connectivity index (χ1n) is 10.6. The van der Waals surface area contributed by atoms with Gasteiger partial charge in [-0.05, 0) is 60.9 Å². The Bertz CT molecular complexity index is 807. The summed E-state index contributed by atoms with van der Waals surface area (Å²) in [4.78, 5) is 15.0. The van der Waals surface area contributed by atoms with E-state index >= 15 is 0 Å². The highest BCUT2D eigenvalue weighted by Crippen LogP contribution is 2.40. The highest BCUT2D eigenvalue weighted by atomic mass is 16.5. The number of likely N-dealkylation sites (tertiary alicyclic amines) is 1. The molecule has 1 saturated heterocycles. The van der Waals surface area contributed by atoms with E-state index in [1.165, 1.54) is 11.1 Å². The van der Waals surface area contributed by atoms with Gasteiger partial charge in [-0.25, -0.2) is 0 Å². The maximum absolute atomic E-state index is 12.6. The fourth-order valence-corrected chi connectivity index (χ4v) is 4.47. The number of carbonyl (C=O) groups excluding carboxylic acids is 1. The molecule has 3 rings (SSSR count). The van der Waals surface area contributed by atoms with Crippen molar-refractivity contribution >= 4 is 5.97 Å². The lowest BCUT2D eigenvalue weighted by Crippen LogP contribution is -2.49. The van der Waals surface area contributed by atoms with Crippen LogP contribution in [-0.2, 0) is 21.4 Å². The summed E-state index contributed by atoms with van der Waals surface area (Å²) >= 11 is 0. The Hall–Kier alpha value is -2.33. The van der Waals surface area contributed by atoms with Gasteiger partial charge in [-0.2, -0.15) is 0 Å². The summed E-state index contributed by atoms with van der Waals surface area (Å²) in [6.07, 6.45) is 1.70. The Morgan fingerprint density at radius 1 is 1.24 bits per heavy atom. The number of nitrogens with zero attached hydrogens (tertiary/aromatic N) is 1. The minimum Gasteiger partial charge on any atom is -0.508 e. The van der Waals surface area contributed by atoms with Gasteiger partial charge in [-0.15, -0.1) is 0 Å². The minimum absolute atomic E-state index is 0.0219. The molecule has 0 aliphatic carbocycles. The molecular weight excluding hydrogens is 362 g/mol. The average molecular weight is 396 g/mol. The number of ether oxygens (including phenoxy) is 1. The number of phenolic OH excluding ortho intramolecular Hbond substituents is 1. The smallest absolute Gasteiger partial charge is 0.310 e. The Kier molecular flexibility index (Phi) is 6.96. The molecule has 0 amide bonds. The molecule has 1 aliphatic rings. The van der Waals surface area contributed by atoms with Gasteiger partial charge in [-0.3, -0.25) is 4.79 Å². The van der Waals surface area contributed by atoms with Crippen molar-refractivity contribution in [3.63, 3.8) is 0 Å². The normalized spacial score (nSPS) is 23.5. The second kappa shape index (κ2) is 9.45. The molecule has 0 radical (unpaired) electrons. The molecule has 4 heteroatoms. The Morgan fingerprint density at radius 3 is 2.66 bits per heavy atom. The molecule has 1 aliphatic heterocycles. The van der Waals surface area contributed by atoms with Gasteiger partial charge in [0.2, 0.25) is 0 Å². The van der Waals surface area contributed by atoms with Crippen LogP contribution < -0.4 is 0 Å². The molecule has 0 bridgehead atoms. The molecule has 1 heterocycles. The molecule has 1 fully saturated rings. The molecule has 0 aromatic heterocycles. The largest absolute Gasteiger partial charge is 0.508 e. The highest BCUT2D eigenvalue weighted by Gasteiger charge is 2.39. The minimum atomic E-state index is -0.158. The van der Waals surface area contributed by atoms with E-state index in [9.17, 15) is 9.90 Å². The van der Waals surface area contributed by atoms with Crippen LogP contribution in [0, 0.1) is 11.8 Å². The first-order chi connectivity index (χ1) is 13.9. The molecule has 0 unspecified atom stereocenters. The highest BCUT2D eigenvalue weighted by molar-refractivity contribution is 5.73. The van der Waals surface area contributed by atoms with Crippen LogP contribution in [0.4, 0.5) is 0 Å². The van der Waals surface area contributed by atoms with E-state index in [-0.39, 0.29) is 17.3 Å². The number of piperidine rings is 1. The maximum Gasteiger partial charge on any atom is 0.310 e. The van der Waals surface area contributed by atoms with Crippen LogP contribution in [0.1, 0.15) is 38.3 Å². The van der Waals surface area contributed by atoms with Crippen LogP contribution in [0.25, 0.3) is 0 Å². The van der Waals surface area contributed by atoms with Gasteiger partial charge in [0.25, 0.3) is 0 Å². The van der Waals surface area contributed by atoms with E-state index in [4.69, 9.17) is 4.74 Å². The summed E-state index contributed by atoms with van der Waals surface area (Å²) in [6.45, 7) is 9.41. The lowest BCUT2D eigenvalue weighted by molar-refractivity contribution is -0.149. The van der Waals surface area contributed by atoms with Crippen LogP contribution in [0.2, 0.25) is 0 Å². The zero-order valence-electron chi connectivity index (χ0n) is 17.8. The Balaban J connectivity index is 1.69. The van der Waals surface area contributed by atoms with Gasteiger partial charge in [0.1, 0.15) is 5.75 Å². The fourth-order valence-electron chi connectivity index (χ4n) is 4.47. The zero-order valence-corrected chi connectivity index (χ0v) is 17.8. The van der Waals surface area contributed by atoms with Crippen LogP contribution in [0.5, 0.6) is 5.75 Å². The van der Waals surface area contributed by atoms with Crippen molar-refractivity contribution in [2.45, 2.75) is 39.0 Å². The molecule has 1 N–H and O–H groups in total. The molecule has 0 spiro atoms. The summed E-state index contributed by atoms with van der Waals surface area (Å²) in [5.41, 5.74) is 2.38. The van der Waals surface area contributed by atoms with E-state index in [0.717, 1.165) is 19.5 Å². The lowest BCUT2D eigenvalue weighted by Gasteiger charge is -2.45. The third-order valence-electron chi connectivity index (χ3n) is 6.50. The number of phenols is 1. The number of esters is 1. The summed E-state index contributed by atoms with van der Waals surface area (Å²) in [6, 6.07) is 17.8. The summed E-state index contributed by atoms with van der Waals surface area (Å²) in [7, 11) is 0. The summed E-state index contributed by atoms with van der Waals surface area (Å²) in [5.74, 6) is 0.473. The van der Waals surface area contributed by atoms with Crippen molar-refractivity contribution < 1.29 is 14.6 Å². The van der Waals surface area contributed by atoms with Gasteiger partial charge in [-0.1, -0.05) is 56.3 Å². The first kappa shape index (κ1) is 21.4. The quantitative estimate of drug-likeness (QED) is 0.706. The third-order valence-corrected chi connectivity index (χ3v) is 6.50. The number of aromatic hydroxyl groups is 1. The predicted octanol–water partition coefficient (Wildman–Crippen LogP) is 4.41. The summed E-state index contributed by atoms with van der Waals surface area (Å²) < 4.78 is 5.37. The molecule has 2 aromatic rings.